The van der Waals surface area contributed by atoms with Crippen molar-refractivity contribution in [3.8, 4) is 11.8 Å². The molecule has 0 radical (unpaired) electrons. The Hall–Kier alpha value is -2.97. The number of nitriles is 1. The Kier molecular flexibility index (Phi) is 4.69. The minimum absolute atomic E-state index is 0.291. The third-order valence-electron chi connectivity index (χ3n) is 3.72. The number of hydrogen-bond acceptors (Lipinski definition) is 3. The molecule has 0 N–H and O–H groups in total. The fraction of sp³-hybridized carbons (Fsp3) is 0.158. The molecular weight excluding hydrogens is 303 g/mol. The van der Waals surface area contributed by atoms with Gasteiger partial charge in [-0.15, -0.1) is 0 Å². The molecule has 0 saturated heterocycles. The molecule has 5 heteroatoms. The molecule has 3 aromatic rings. The number of rotatable bonds is 5. The van der Waals surface area contributed by atoms with Crippen LogP contribution in [0.1, 0.15) is 16.7 Å². The molecule has 0 aliphatic carbocycles. The van der Waals surface area contributed by atoms with Crippen molar-refractivity contribution >= 4 is 0 Å². The number of benzene rings is 2. The summed E-state index contributed by atoms with van der Waals surface area (Å²) < 4.78 is 15.7. The van der Waals surface area contributed by atoms with E-state index >= 15 is 0 Å². The van der Waals surface area contributed by atoms with Gasteiger partial charge in [0.15, 0.2) is 0 Å². The summed E-state index contributed by atoms with van der Waals surface area (Å²) in [7, 11) is 1.92. The third-order valence-corrected chi connectivity index (χ3v) is 3.72. The fourth-order valence-electron chi connectivity index (χ4n) is 2.59. The minimum atomic E-state index is -0.291. The minimum Gasteiger partial charge on any atom is -0.298 e. The van der Waals surface area contributed by atoms with Crippen molar-refractivity contribution in [3.05, 3.63) is 83.4 Å². The van der Waals surface area contributed by atoms with Gasteiger partial charge < -0.3 is 0 Å². The van der Waals surface area contributed by atoms with Gasteiger partial charge in [0.25, 0.3) is 0 Å². The van der Waals surface area contributed by atoms with E-state index in [-0.39, 0.29) is 5.82 Å². The van der Waals surface area contributed by atoms with Gasteiger partial charge in [-0.05, 0) is 37.4 Å². The second-order valence-corrected chi connectivity index (χ2v) is 5.72. The molecule has 2 aromatic carbocycles. The number of hydrogen-bond donors (Lipinski definition) is 0. The second-order valence-electron chi connectivity index (χ2n) is 5.72. The van der Waals surface area contributed by atoms with Crippen molar-refractivity contribution in [3.63, 3.8) is 0 Å². The predicted molar refractivity (Wildman–Crippen MR) is 89.9 cm³/mol. The first kappa shape index (κ1) is 15.9. The molecule has 0 atom stereocenters. The van der Waals surface area contributed by atoms with Crippen LogP contribution in [0, 0.1) is 17.1 Å². The van der Waals surface area contributed by atoms with E-state index in [1.807, 2.05) is 65.4 Å². The van der Waals surface area contributed by atoms with Crippen LogP contribution in [0.25, 0.3) is 5.69 Å². The molecule has 0 saturated carbocycles. The first-order valence-electron chi connectivity index (χ1n) is 7.62. The topological polar surface area (TPSA) is 44.9 Å². The zero-order valence-corrected chi connectivity index (χ0v) is 13.4. The molecule has 1 aromatic heterocycles. The van der Waals surface area contributed by atoms with Gasteiger partial charge >= 0.3 is 0 Å². The summed E-state index contributed by atoms with van der Waals surface area (Å²) in [6, 6.07) is 16.3. The van der Waals surface area contributed by atoms with E-state index in [0.29, 0.717) is 24.2 Å². The molecule has 24 heavy (non-hydrogen) atoms. The van der Waals surface area contributed by atoms with E-state index in [0.717, 1.165) is 11.3 Å². The van der Waals surface area contributed by atoms with Crippen LogP contribution in [0.4, 0.5) is 4.39 Å². The SMILES string of the molecule is CN(Cc1cnn(-c2ccccc2)c1)Cc1cc(C#N)ccc1F. The molecule has 0 bridgehead atoms. The van der Waals surface area contributed by atoms with Crippen LogP contribution in [0.5, 0.6) is 0 Å². The van der Waals surface area contributed by atoms with Crippen LogP contribution in [-0.4, -0.2) is 21.7 Å². The van der Waals surface area contributed by atoms with Gasteiger partial charge in [0, 0.05) is 30.4 Å². The smallest absolute Gasteiger partial charge is 0.127 e. The van der Waals surface area contributed by atoms with Crippen LogP contribution in [0.15, 0.2) is 60.9 Å². The maximum absolute atomic E-state index is 13.9. The van der Waals surface area contributed by atoms with Crippen molar-refractivity contribution in [2.45, 2.75) is 13.1 Å². The average molecular weight is 320 g/mol. The molecule has 1 heterocycles. The lowest BCUT2D eigenvalue weighted by atomic mass is 10.1. The summed E-state index contributed by atoms with van der Waals surface area (Å²) in [4.78, 5) is 1.99. The molecule has 0 aliphatic heterocycles. The summed E-state index contributed by atoms with van der Waals surface area (Å²) in [5.74, 6) is -0.291. The molecular formula is C19H17FN4. The van der Waals surface area contributed by atoms with E-state index < -0.39 is 0 Å². The summed E-state index contributed by atoms with van der Waals surface area (Å²) in [5.41, 5.74) is 3.03. The van der Waals surface area contributed by atoms with E-state index in [1.165, 1.54) is 12.1 Å². The van der Waals surface area contributed by atoms with E-state index in [1.54, 1.807) is 6.07 Å². The molecule has 3 rings (SSSR count). The van der Waals surface area contributed by atoms with Crippen molar-refractivity contribution < 1.29 is 4.39 Å². The van der Waals surface area contributed by atoms with E-state index in [9.17, 15) is 4.39 Å². The van der Waals surface area contributed by atoms with Gasteiger partial charge in [-0.1, -0.05) is 18.2 Å². The van der Waals surface area contributed by atoms with Crippen molar-refractivity contribution in [2.75, 3.05) is 7.05 Å². The Bertz CT molecular complexity index is 865. The Labute approximate surface area is 140 Å². The van der Waals surface area contributed by atoms with Gasteiger partial charge in [-0.3, -0.25) is 4.90 Å². The lowest BCUT2D eigenvalue weighted by molar-refractivity contribution is 0.313. The van der Waals surface area contributed by atoms with Crippen LogP contribution >= 0.6 is 0 Å². The van der Waals surface area contributed by atoms with Crippen LogP contribution in [0.2, 0.25) is 0 Å². The van der Waals surface area contributed by atoms with Gasteiger partial charge in [0.1, 0.15) is 5.82 Å². The highest BCUT2D eigenvalue weighted by Crippen LogP contribution is 2.14. The Morgan fingerprint density at radius 2 is 1.96 bits per heavy atom. The summed E-state index contributed by atoms with van der Waals surface area (Å²) >= 11 is 0. The van der Waals surface area contributed by atoms with Crippen LogP contribution in [0.3, 0.4) is 0 Å². The van der Waals surface area contributed by atoms with Crippen molar-refractivity contribution in [1.82, 2.24) is 14.7 Å². The van der Waals surface area contributed by atoms with E-state index in [2.05, 4.69) is 5.10 Å². The number of nitrogens with zero attached hydrogens (tertiary/aromatic N) is 4. The summed E-state index contributed by atoms with van der Waals surface area (Å²) in [6.07, 6.45) is 3.78. The lowest BCUT2D eigenvalue weighted by Gasteiger charge is -2.16. The molecule has 0 unspecified atom stereocenters. The Morgan fingerprint density at radius 3 is 2.71 bits per heavy atom. The fourth-order valence-corrected chi connectivity index (χ4v) is 2.59. The van der Waals surface area contributed by atoms with Crippen molar-refractivity contribution in [2.24, 2.45) is 0 Å². The van der Waals surface area contributed by atoms with Crippen LogP contribution < -0.4 is 0 Å². The lowest BCUT2D eigenvalue weighted by Crippen LogP contribution is -2.17. The monoisotopic (exact) mass is 320 g/mol. The highest BCUT2D eigenvalue weighted by molar-refractivity contribution is 5.34. The first-order chi connectivity index (χ1) is 11.7. The molecule has 0 aliphatic rings. The zero-order chi connectivity index (χ0) is 16.9. The predicted octanol–water partition coefficient (Wildman–Crippen LogP) is 3.52. The van der Waals surface area contributed by atoms with Crippen LogP contribution in [-0.2, 0) is 13.1 Å². The quantitative estimate of drug-likeness (QED) is 0.722. The molecule has 0 amide bonds. The van der Waals surface area contributed by atoms with Gasteiger partial charge in [-0.2, -0.15) is 10.4 Å². The number of aromatic nitrogens is 2. The molecule has 0 spiro atoms. The van der Waals surface area contributed by atoms with Gasteiger partial charge in [0.05, 0.1) is 23.5 Å². The highest BCUT2D eigenvalue weighted by Gasteiger charge is 2.09. The number of halogens is 1. The second kappa shape index (κ2) is 7.07. The standard InChI is InChI=1S/C19H17FN4/c1-23(14-17-9-15(10-21)7-8-19(17)20)12-16-11-22-24(13-16)18-5-3-2-4-6-18/h2-9,11,13H,12,14H2,1H3. The first-order valence-corrected chi connectivity index (χ1v) is 7.62. The Balaban J connectivity index is 1.69. The maximum atomic E-state index is 13.9. The molecule has 120 valence electrons. The van der Waals surface area contributed by atoms with Crippen molar-refractivity contribution in [1.29, 1.82) is 5.26 Å². The number of para-hydroxylation sites is 1. The van der Waals surface area contributed by atoms with Gasteiger partial charge in [-0.25, -0.2) is 9.07 Å². The highest BCUT2D eigenvalue weighted by atomic mass is 19.1. The zero-order valence-electron chi connectivity index (χ0n) is 13.4. The summed E-state index contributed by atoms with van der Waals surface area (Å²) in [5, 5.41) is 13.3. The summed E-state index contributed by atoms with van der Waals surface area (Å²) in [6.45, 7) is 1.07. The largest absolute Gasteiger partial charge is 0.298 e. The Morgan fingerprint density at radius 1 is 1.17 bits per heavy atom. The normalized spacial score (nSPS) is 10.8. The van der Waals surface area contributed by atoms with Gasteiger partial charge in [0.2, 0.25) is 0 Å². The third kappa shape index (κ3) is 3.67. The molecule has 0 fully saturated rings. The van der Waals surface area contributed by atoms with E-state index in [4.69, 9.17) is 5.26 Å². The molecule has 4 nitrogen and oxygen atoms in total. The maximum Gasteiger partial charge on any atom is 0.127 e. The average Bonchev–Trinajstić information content (AvgIpc) is 3.06.